The third kappa shape index (κ3) is 3.66. The molecule has 1 heterocycles. The van der Waals surface area contributed by atoms with Gasteiger partial charge in [0.25, 0.3) is 0 Å². The van der Waals surface area contributed by atoms with Crippen molar-refractivity contribution in [3.05, 3.63) is 16.5 Å². The van der Waals surface area contributed by atoms with Crippen LogP contribution in [0.15, 0.2) is 10.7 Å². The molecule has 0 atom stereocenters. The largest absolute Gasteiger partial charge is 0.356 e. The lowest BCUT2D eigenvalue weighted by molar-refractivity contribution is 0.693. The van der Waals surface area contributed by atoms with E-state index in [1.807, 2.05) is 6.07 Å². The van der Waals surface area contributed by atoms with Gasteiger partial charge in [0.2, 0.25) is 0 Å². The molecule has 1 aromatic rings. The van der Waals surface area contributed by atoms with E-state index in [2.05, 4.69) is 44.6 Å². The van der Waals surface area contributed by atoms with Gasteiger partial charge >= 0.3 is 0 Å². The van der Waals surface area contributed by atoms with Crippen molar-refractivity contribution in [1.82, 2.24) is 9.97 Å². The van der Waals surface area contributed by atoms with Crippen LogP contribution in [0, 0.1) is 5.92 Å². The van der Waals surface area contributed by atoms with E-state index in [1.54, 1.807) is 0 Å². The Hall–Kier alpha value is -0.640. The highest BCUT2D eigenvalue weighted by molar-refractivity contribution is 9.10. The van der Waals surface area contributed by atoms with Gasteiger partial charge < -0.3 is 4.90 Å². The molecule has 0 saturated heterocycles. The van der Waals surface area contributed by atoms with Crippen molar-refractivity contribution < 1.29 is 0 Å². The molecule has 0 aromatic carbocycles. The number of aryl methyl sites for hydroxylation is 1. The fourth-order valence-corrected chi connectivity index (χ4v) is 2.36. The van der Waals surface area contributed by atoms with Gasteiger partial charge in [-0.15, -0.1) is 0 Å². The molecule has 17 heavy (non-hydrogen) atoms. The minimum Gasteiger partial charge on any atom is -0.356 e. The number of halogens is 1. The lowest BCUT2D eigenvalue weighted by Gasteiger charge is -2.23. The van der Waals surface area contributed by atoms with E-state index in [0.717, 1.165) is 48.1 Å². The second-order valence-electron chi connectivity index (χ2n) is 4.71. The zero-order valence-electron chi connectivity index (χ0n) is 10.6. The van der Waals surface area contributed by atoms with Crippen molar-refractivity contribution in [3.8, 4) is 0 Å². The van der Waals surface area contributed by atoms with Crippen LogP contribution in [0.3, 0.4) is 0 Å². The first-order chi connectivity index (χ1) is 8.22. The number of nitrogens with zero attached hydrogens (tertiary/aromatic N) is 3. The van der Waals surface area contributed by atoms with Crippen LogP contribution >= 0.6 is 15.9 Å². The lowest BCUT2D eigenvalue weighted by atomic mass is 10.3. The van der Waals surface area contributed by atoms with Gasteiger partial charge in [-0.1, -0.05) is 13.8 Å². The predicted octanol–water partition coefficient (Wildman–Crippen LogP) is 3.43. The molecule has 0 N–H and O–H groups in total. The van der Waals surface area contributed by atoms with Crippen LogP contribution in [-0.2, 0) is 6.42 Å². The first-order valence-electron chi connectivity index (χ1n) is 6.51. The highest BCUT2D eigenvalue weighted by atomic mass is 79.9. The SMILES string of the molecule is CCCN(CC1CC1)c1cc(Br)nc(CC)n1. The molecule has 1 aliphatic rings. The van der Waals surface area contributed by atoms with E-state index in [4.69, 9.17) is 0 Å². The van der Waals surface area contributed by atoms with Crippen molar-refractivity contribution in [3.63, 3.8) is 0 Å². The molecule has 0 aliphatic heterocycles. The molecule has 1 aromatic heterocycles. The first kappa shape index (κ1) is 12.8. The van der Waals surface area contributed by atoms with Crippen molar-refractivity contribution in [2.45, 2.75) is 39.5 Å². The molecule has 0 spiro atoms. The van der Waals surface area contributed by atoms with Crippen LogP contribution in [0.25, 0.3) is 0 Å². The summed E-state index contributed by atoms with van der Waals surface area (Å²) in [6, 6.07) is 2.04. The highest BCUT2D eigenvalue weighted by Gasteiger charge is 2.24. The van der Waals surface area contributed by atoms with Gasteiger partial charge in [0.15, 0.2) is 0 Å². The Morgan fingerprint density at radius 3 is 2.71 bits per heavy atom. The normalized spacial score (nSPS) is 15.0. The topological polar surface area (TPSA) is 29.0 Å². The molecular formula is C13H20BrN3. The Morgan fingerprint density at radius 2 is 2.12 bits per heavy atom. The van der Waals surface area contributed by atoms with Crippen molar-refractivity contribution >= 4 is 21.7 Å². The molecule has 1 saturated carbocycles. The Balaban J connectivity index is 2.17. The van der Waals surface area contributed by atoms with Crippen molar-refractivity contribution in [1.29, 1.82) is 0 Å². The average Bonchev–Trinajstić information content (AvgIpc) is 3.11. The molecular weight excluding hydrogens is 278 g/mol. The summed E-state index contributed by atoms with van der Waals surface area (Å²) in [6.07, 6.45) is 4.81. The number of hydrogen-bond donors (Lipinski definition) is 0. The highest BCUT2D eigenvalue weighted by Crippen LogP contribution is 2.31. The second kappa shape index (κ2) is 5.80. The third-order valence-corrected chi connectivity index (χ3v) is 3.44. The molecule has 3 nitrogen and oxygen atoms in total. The van der Waals surface area contributed by atoms with Crippen LogP contribution in [0.5, 0.6) is 0 Å². The Kier molecular flexibility index (Phi) is 4.37. The molecule has 94 valence electrons. The molecule has 1 aliphatic carbocycles. The van der Waals surface area contributed by atoms with Gasteiger partial charge in [-0.3, -0.25) is 0 Å². The van der Waals surface area contributed by atoms with Crippen LogP contribution in [-0.4, -0.2) is 23.1 Å². The molecule has 0 unspecified atom stereocenters. The third-order valence-electron chi connectivity index (χ3n) is 3.04. The molecule has 0 bridgehead atoms. The average molecular weight is 298 g/mol. The quantitative estimate of drug-likeness (QED) is 0.753. The zero-order chi connectivity index (χ0) is 12.3. The summed E-state index contributed by atoms with van der Waals surface area (Å²) in [5.74, 6) is 2.89. The Bertz CT molecular complexity index is 377. The van der Waals surface area contributed by atoms with E-state index in [9.17, 15) is 0 Å². The van der Waals surface area contributed by atoms with E-state index in [0.29, 0.717) is 0 Å². The number of hydrogen-bond acceptors (Lipinski definition) is 3. The summed E-state index contributed by atoms with van der Waals surface area (Å²) in [6.45, 7) is 6.55. The lowest BCUT2D eigenvalue weighted by Crippen LogP contribution is -2.27. The van der Waals surface area contributed by atoms with Gasteiger partial charge in [-0.2, -0.15) is 0 Å². The van der Waals surface area contributed by atoms with Crippen molar-refractivity contribution in [2.24, 2.45) is 5.92 Å². The van der Waals surface area contributed by atoms with Gasteiger partial charge in [0.05, 0.1) is 0 Å². The molecule has 4 heteroatoms. The smallest absolute Gasteiger partial charge is 0.133 e. The van der Waals surface area contributed by atoms with E-state index < -0.39 is 0 Å². The van der Waals surface area contributed by atoms with Crippen LogP contribution in [0.1, 0.15) is 38.9 Å². The molecule has 2 rings (SSSR count). The number of aromatic nitrogens is 2. The monoisotopic (exact) mass is 297 g/mol. The summed E-state index contributed by atoms with van der Waals surface area (Å²) < 4.78 is 0.899. The molecule has 1 fully saturated rings. The maximum atomic E-state index is 4.64. The summed E-state index contributed by atoms with van der Waals surface area (Å²) in [5, 5.41) is 0. The van der Waals surface area contributed by atoms with Crippen LogP contribution in [0.4, 0.5) is 5.82 Å². The maximum Gasteiger partial charge on any atom is 0.133 e. The van der Waals surface area contributed by atoms with Gasteiger partial charge in [0.1, 0.15) is 16.2 Å². The Morgan fingerprint density at radius 1 is 1.35 bits per heavy atom. The first-order valence-corrected chi connectivity index (χ1v) is 7.30. The zero-order valence-corrected chi connectivity index (χ0v) is 12.2. The number of rotatable bonds is 6. The minimum absolute atomic E-state index is 0.885. The van der Waals surface area contributed by atoms with Gasteiger partial charge in [0, 0.05) is 25.6 Å². The van der Waals surface area contributed by atoms with E-state index in [1.165, 1.54) is 12.8 Å². The fourth-order valence-electron chi connectivity index (χ4n) is 1.95. The summed E-state index contributed by atoms with van der Waals surface area (Å²) in [7, 11) is 0. The molecule has 0 amide bonds. The molecule has 0 radical (unpaired) electrons. The van der Waals surface area contributed by atoms with Gasteiger partial charge in [-0.05, 0) is 41.1 Å². The van der Waals surface area contributed by atoms with E-state index >= 15 is 0 Å². The fraction of sp³-hybridized carbons (Fsp3) is 0.692. The van der Waals surface area contributed by atoms with Crippen molar-refractivity contribution in [2.75, 3.05) is 18.0 Å². The van der Waals surface area contributed by atoms with Crippen LogP contribution in [0.2, 0.25) is 0 Å². The summed E-state index contributed by atoms with van der Waals surface area (Å²) in [5.41, 5.74) is 0. The predicted molar refractivity (Wildman–Crippen MR) is 74.3 cm³/mol. The van der Waals surface area contributed by atoms with E-state index in [-0.39, 0.29) is 0 Å². The maximum absolute atomic E-state index is 4.64. The summed E-state index contributed by atoms with van der Waals surface area (Å²) in [4.78, 5) is 11.4. The minimum atomic E-state index is 0.885. The standard InChI is InChI=1S/C13H20BrN3/c1-3-7-17(9-10-5-6-10)13-8-11(14)15-12(4-2)16-13/h8,10H,3-7,9H2,1-2H3. The summed E-state index contributed by atoms with van der Waals surface area (Å²) >= 11 is 3.48. The number of anilines is 1. The van der Waals surface area contributed by atoms with Gasteiger partial charge in [-0.25, -0.2) is 9.97 Å². The Labute approximate surface area is 112 Å². The second-order valence-corrected chi connectivity index (χ2v) is 5.52. The van der Waals surface area contributed by atoms with Crippen LogP contribution < -0.4 is 4.90 Å².